The number of hydrogen-bond donors (Lipinski definition) is 1. The molecule has 1 aliphatic carbocycles. The fourth-order valence-electron chi connectivity index (χ4n) is 3.89. The highest BCUT2D eigenvalue weighted by Gasteiger charge is 2.59. The molecule has 5 atom stereocenters. The van der Waals surface area contributed by atoms with E-state index in [1.165, 1.54) is 0 Å². The van der Waals surface area contributed by atoms with E-state index in [0.717, 1.165) is 17.5 Å². The van der Waals surface area contributed by atoms with Crippen molar-refractivity contribution in [3.05, 3.63) is 71.8 Å². The lowest BCUT2D eigenvalue weighted by atomic mass is 9.52. The number of benzene rings is 2. The molecular formula is C22H24O4. The normalized spacial score (nSPS) is 25.8. The van der Waals surface area contributed by atoms with Gasteiger partial charge in [-0.25, -0.2) is 0 Å². The third kappa shape index (κ3) is 3.36. The summed E-state index contributed by atoms with van der Waals surface area (Å²) >= 11 is 0. The van der Waals surface area contributed by atoms with Crippen molar-refractivity contribution in [2.75, 3.05) is 0 Å². The van der Waals surface area contributed by atoms with E-state index in [4.69, 9.17) is 4.74 Å². The number of carbonyl (C=O) groups excluding carboxylic acids is 1. The minimum atomic E-state index is -0.875. The maximum absolute atomic E-state index is 12.9. The maximum Gasteiger partial charge on any atom is 0.310 e. The van der Waals surface area contributed by atoms with Gasteiger partial charge in [0.15, 0.2) is 0 Å². The first-order chi connectivity index (χ1) is 12.5. The molecule has 2 unspecified atom stereocenters. The molecule has 0 aromatic heterocycles. The highest BCUT2D eigenvalue weighted by Crippen LogP contribution is 2.58. The number of carboxylic acid groups (broad SMARTS) is 1. The van der Waals surface area contributed by atoms with E-state index >= 15 is 0 Å². The summed E-state index contributed by atoms with van der Waals surface area (Å²) in [6.45, 7) is 3.82. The Morgan fingerprint density at radius 3 is 1.77 bits per heavy atom. The number of carbonyl (C=O) groups is 2. The third-order valence-corrected chi connectivity index (χ3v) is 5.37. The van der Waals surface area contributed by atoms with Gasteiger partial charge in [-0.1, -0.05) is 67.6 Å². The zero-order valence-corrected chi connectivity index (χ0v) is 15.0. The molecular weight excluding hydrogens is 328 g/mol. The molecule has 0 saturated heterocycles. The lowest BCUT2D eigenvalue weighted by molar-refractivity contribution is -0.167. The Kier molecular flexibility index (Phi) is 5.40. The number of carboxylic acids is 1. The quantitative estimate of drug-likeness (QED) is 0.791. The smallest absolute Gasteiger partial charge is 0.310 e. The summed E-state index contributed by atoms with van der Waals surface area (Å²) in [6, 6.07) is 18.9. The third-order valence-electron chi connectivity index (χ3n) is 5.37. The van der Waals surface area contributed by atoms with E-state index in [-0.39, 0.29) is 23.9 Å². The standard InChI is InChI=1S/C22H24O4/c1-3-14(2)26-22(25)20-17(15-10-6-4-7-11-15)19(21(23)24)18(20)16-12-8-5-9-13-16/h4-14,17-20H,3H2,1-2H3,(H,23,24)/t14-,17-,18+,19?,20?/m1/s1. The van der Waals surface area contributed by atoms with Crippen LogP contribution in [-0.4, -0.2) is 23.1 Å². The summed E-state index contributed by atoms with van der Waals surface area (Å²) in [5.74, 6) is -3.07. The van der Waals surface area contributed by atoms with Crippen molar-refractivity contribution in [2.45, 2.75) is 38.2 Å². The Hall–Kier alpha value is -2.62. The molecule has 2 aromatic rings. The van der Waals surface area contributed by atoms with Gasteiger partial charge in [0, 0.05) is 11.8 Å². The van der Waals surface area contributed by atoms with Gasteiger partial charge in [-0.2, -0.15) is 0 Å². The van der Waals surface area contributed by atoms with Crippen molar-refractivity contribution in [3.63, 3.8) is 0 Å². The van der Waals surface area contributed by atoms with Crippen LogP contribution in [0.25, 0.3) is 0 Å². The molecule has 0 spiro atoms. The largest absolute Gasteiger partial charge is 0.481 e. The van der Waals surface area contributed by atoms with Crippen LogP contribution in [0, 0.1) is 11.8 Å². The van der Waals surface area contributed by atoms with Crippen molar-refractivity contribution >= 4 is 11.9 Å². The first-order valence-corrected chi connectivity index (χ1v) is 9.07. The molecule has 1 saturated carbocycles. The van der Waals surface area contributed by atoms with Gasteiger partial charge in [0.05, 0.1) is 17.9 Å². The van der Waals surface area contributed by atoms with Gasteiger partial charge >= 0.3 is 11.9 Å². The second-order valence-electron chi connectivity index (χ2n) is 6.92. The second kappa shape index (κ2) is 7.73. The zero-order chi connectivity index (χ0) is 18.7. The van der Waals surface area contributed by atoms with Crippen molar-refractivity contribution < 1.29 is 19.4 Å². The van der Waals surface area contributed by atoms with Gasteiger partial charge in [-0.05, 0) is 24.5 Å². The molecule has 4 nitrogen and oxygen atoms in total. The molecule has 0 bridgehead atoms. The van der Waals surface area contributed by atoms with Crippen LogP contribution in [0.4, 0.5) is 0 Å². The molecule has 0 radical (unpaired) electrons. The SMILES string of the molecule is CC[C@@H](C)OC(=O)C1[C@H](c2ccccc2)C(C(=O)O)[C@@H]1c1ccccc1. The zero-order valence-electron chi connectivity index (χ0n) is 15.0. The molecule has 136 valence electrons. The van der Waals surface area contributed by atoms with Crippen molar-refractivity contribution in [2.24, 2.45) is 11.8 Å². The monoisotopic (exact) mass is 352 g/mol. The number of esters is 1. The Morgan fingerprint density at radius 1 is 0.923 bits per heavy atom. The number of rotatable bonds is 6. The summed E-state index contributed by atoms with van der Waals surface area (Å²) in [4.78, 5) is 25.0. The van der Waals surface area contributed by atoms with Crippen molar-refractivity contribution in [3.8, 4) is 0 Å². The fourth-order valence-corrected chi connectivity index (χ4v) is 3.89. The van der Waals surface area contributed by atoms with E-state index < -0.39 is 17.8 Å². The number of ether oxygens (including phenoxy) is 1. The van der Waals surface area contributed by atoms with Crippen LogP contribution in [0.2, 0.25) is 0 Å². The highest BCUT2D eigenvalue weighted by molar-refractivity contribution is 5.84. The molecule has 1 N–H and O–H groups in total. The van der Waals surface area contributed by atoms with Crippen LogP contribution in [0.5, 0.6) is 0 Å². The van der Waals surface area contributed by atoms with E-state index in [2.05, 4.69) is 0 Å². The lowest BCUT2D eigenvalue weighted by Gasteiger charge is -2.49. The molecule has 3 rings (SSSR count). The Morgan fingerprint density at radius 2 is 1.38 bits per heavy atom. The van der Waals surface area contributed by atoms with Gasteiger partial charge in [-0.3, -0.25) is 9.59 Å². The molecule has 0 heterocycles. The van der Waals surface area contributed by atoms with E-state index in [9.17, 15) is 14.7 Å². The molecule has 1 fully saturated rings. The molecule has 26 heavy (non-hydrogen) atoms. The molecule has 1 aliphatic rings. The Bertz CT molecular complexity index is 709. The average Bonchev–Trinajstić information content (AvgIpc) is 2.62. The summed E-state index contributed by atoms with van der Waals surface area (Å²) in [5.41, 5.74) is 1.75. The van der Waals surface area contributed by atoms with Crippen LogP contribution in [0.15, 0.2) is 60.7 Å². The lowest BCUT2D eigenvalue weighted by Crippen LogP contribution is -2.51. The molecule has 4 heteroatoms. The average molecular weight is 352 g/mol. The minimum Gasteiger partial charge on any atom is -0.481 e. The predicted molar refractivity (Wildman–Crippen MR) is 98.8 cm³/mol. The summed E-state index contributed by atoms with van der Waals surface area (Å²) < 4.78 is 5.60. The van der Waals surface area contributed by atoms with E-state index in [0.29, 0.717) is 0 Å². The molecule has 0 amide bonds. The van der Waals surface area contributed by atoms with E-state index in [1.807, 2.05) is 74.5 Å². The summed E-state index contributed by atoms with van der Waals surface area (Å²) in [7, 11) is 0. The Labute approximate surface area is 153 Å². The van der Waals surface area contributed by atoms with Crippen LogP contribution in [0.1, 0.15) is 43.2 Å². The first-order valence-electron chi connectivity index (χ1n) is 9.07. The van der Waals surface area contributed by atoms with Gasteiger partial charge in [0.2, 0.25) is 0 Å². The topological polar surface area (TPSA) is 63.6 Å². The van der Waals surface area contributed by atoms with Crippen LogP contribution < -0.4 is 0 Å². The van der Waals surface area contributed by atoms with Crippen LogP contribution in [-0.2, 0) is 14.3 Å². The Balaban J connectivity index is 2.00. The van der Waals surface area contributed by atoms with E-state index in [1.54, 1.807) is 0 Å². The predicted octanol–water partition coefficient (Wildman–Crippen LogP) is 4.23. The highest BCUT2D eigenvalue weighted by atomic mass is 16.5. The fraction of sp³-hybridized carbons (Fsp3) is 0.364. The van der Waals surface area contributed by atoms with Crippen LogP contribution in [0.3, 0.4) is 0 Å². The number of aliphatic carboxylic acids is 1. The molecule has 0 aliphatic heterocycles. The number of hydrogen-bond acceptors (Lipinski definition) is 3. The van der Waals surface area contributed by atoms with Crippen molar-refractivity contribution in [1.82, 2.24) is 0 Å². The van der Waals surface area contributed by atoms with Gasteiger partial charge in [0.25, 0.3) is 0 Å². The second-order valence-corrected chi connectivity index (χ2v) is 6.92. The molecule has 2 aromatic carbocycles. The summed E-state index contributed by atoms with van der Waals surface area (Å²) in [5, 5.41) is 9.87. The van der Waals surface area contributed by atoms with Gasteiger partial charge < -0.3 is 9.84 Å². The van der Waals surface area contributed by atoms with Crippen molar-refractivity contribution in [1.29, 1.82) is 0 Å². The van der Waals surface area contributed by atoms with Crippen LogP contribution >= 0.6 is 0 Å². The van der Waals surface area contributed by atoms with Gasteiger partial charge in [0.1, 0.15) is 0 Å². The van der Waals surface area contributed by atoms with Gasteiger partial charge in [-0.15, -0.1) is 0 Å². The summed E-state index contributed by atoms with van der Waals surface area (Å²) in [6.07, 6.45) is 0.548. The minimum absolute atomic E-state index is 0.181. The first kappa shape index (κ1) is 18.2. The maximum atomic E-state index is 12.9.